The molecule has 2 aromatic heterocycles. The highest BCUT2D eigenvalue weighted by molar-refractivity contribution is 6.31. The molecule has 2 aliphatic rings. The molecule has 4 heterocycles. The summed E-state index contributed by atoms with van der Waals surface area (Å²) in [5.74, 6) is 0.674. The van der Waals surface area contributed by atoms with Crippen molar-refractivity contribution in [2.24, 2.45) is 11.8 Å². The van der Waals surface area contributed by atoms with Gasteiger partial charge in [0.2, 0.25) is 5.91 Å². The zero-order chi connectivity index (χ0) is 26.6. The number of carbonyl (C=O) groups is 1. The van der Waals surface area contributed by atoms with Crippen LogP contribution < -0.4 is 11.2 Å². The van der Waals surface area contributed by atoms with Crippen LogP contribution in [0.15, 0.2) is 30.6 Å². The smallest absolute Gasteiger partial charge is 0.384 e. The Labute approximate surface area is 219 Å². The number of alkyl halides is 3. The highest BCUT2D eigenvalue weighted by Crippen LogP contribution is 2.37. The number of rotatable bonds is 7. The Morgan fingerprint density at radius 3 is 2.49 bits per heavy atom. The molecule has 0 saturated carbocycles. The summed E-state index contributed by atoms with van der Waals surface area (Å²) in [7, 11) is 1.44. The molecule has 4 rings (SSSR count). The lowest BCUT2D eigenvalue weighted by molar-refractivity contribution is -0.139. The van der Waals surface area contributed by atoms with Gasteiger partial charge >= 0.3 is 6.18 Å². The van der Waals surface area contributed by atoms with Crippen LogP contribution in [0.5, 0.6) is 0 Å². The monoisotopic (exact) mass is 540 g/mol. The fourth-order valence-electron chi connectivity index (χ4n) is 5.23. The Morgan fingerprint density at radius 1 is 1.19 bits per heavy atom. The number of pyridine rings is 2. The van der Waals surface area contributed by atoms with Gasteiger partial charge in [-0.3, -0.25) is 14.7 Å². The fraction of sp³-hybridized carbons (Fsp3) is 0.560. The van der Waals surface area contributed by atoms with Gasteiger partial charge in [0.25, 0.3) is 0 Å². The molecule has 0 aliphatic carbocycles. The summed E-state index contributed by atoms with van der Waals surface area (Å²) in [6, 6.07) is 4.24. The number of carbonyl (C=O) groups excluding carboxylic acids is 1. The molecule has 37 heavy (non-hydrogen) atoms. The van der Waals surface area contributed by atoms with Crippen LogP contribution in [0, 0.1) is 11.8 Å². The number of halogens is 4. The van der Waals surface area contributed by atoms with E-state index in [4.69, 9.17) is 22.2 Å². The van der Waals surface area contributed by atoms with Crippen molar-refractivity contribution in [3.05, 3.63) is 52.4 Å². The molecule has 2 fully saturated rings. The lowest BCUT2D eigenvalue weighted by Gasteiger charge is -2.39. The summed E-state index contributed by atoms with van der Waals surface area (Å²) in [4.78, 5) is 30.6. The van der Waals surface area contributed by atoms with Crippen molar-refractivity contribution >= 4 is 23.3 Å². The number of nitrogen functional groups attached to an aromatic ring is 1. The molecule has 0 aromatic carbocycles. The number of amides is 1. The SMILES string of the molecule is CONC(c1ncc(C(F)(F)F)cc1Cl)C1CCN(C(=O)C2CCN(Cc3ccnc(N)c3)CC2)CC1. The molecule has 2 saturated heterocycles. The van der Waals surface area contributed by atoms with Gasteiger partial charge in [0, 0.05) is 37.9 Å². The molecule has 2 aromatic rings. The van der Waals surface area contributed by atoms with E-state index in [0.29, 0.717) is 37.4 Å². The minimum absolute atomic E-state index is 0.000354. The van der Waals surface area contributed by atoms with Crippen LogP contribution in [0.25, 0.3) is 0 Å². The van der Waals surface area contributed by atoms with E-state index >= 15 is 0 Å². The average molecular weight is 541 g/mol. The Kier molecular flexibility index (Phi) is 8.89. The van der Waals surface area contributed by atoms with Crippen molar-refractivity contribution in [1.82, 2.24) is 25.2 Å². The number of nitrogens with one attached hydrogen (secondary N) is 1. The van der Waals surface area contributed by atoms with Crippen molar-refractivity contribution in [2.45, 2.75) is 44.4 Å². The Bertz CT molecular complexity index is 1070. The minimum atomic E-state index is -4.52. The van der Waals surface area contributed by atoms with Crippen molar-refractivity contribution in [3.63, 3.8) is 0 Å². The standard InChI is InChI=1S/C25H32ClF3N6O2/c1-37-33-22(23-20(26)13-19(14-32-23)25(27,28)29)17-5-10-35(11-6-17)24(36)18-3-8-34(9-4-18)15-16-2-7-31-21(30)12-16/h2,7,12-14,17-18,22,33H,3-6,8-11,15H2,1H3,(H2,30,31). The van der Waals surface area contributed by atoms with Crippen LogP contribution in [0.2, 0.25) is 5.02 Å². The molecule has 1 unspecified atom stereocenters. The van der Waals surface area contributed by atoms with Crippen molar-refractivity contribution < 1.29 is 22.8 Å². The van der Waals surface area contributed by atoms with Gasteiger partial charge in [-0.05, 0) is 68.5 Å². The number of hydrogen-bond acceptors (Lipinski definition) is 7. The van der Waals surface area contributed by atoms with Gasteiger partial charge in [0.1, 0.15) is 5.82 Å². The number of nitrogens with zero attached hydrogens (tertiary/aromatic N) is 4. The van der Waals surface area contributed by atoms with Crippen molar-refractivity contribution in [1.29, 1.82) is 0 Å². The third-order valence-electron chi connectivity index (χ3n) is 7.25. The van der Waals surface area contributed by atoms with E-state index in [1.807, 2.05) is 17.0 Å². The lowest BCUT2D eigenvalue weighted by atomic mass is 9.86. The number of hydrogen-bond donors (Lipinski definition) is 2. The number of aromatic nitrogens is 2. The maximum Gasteiger partial charge on any atom is 0.417 e. The molecule has 1 amide bonds. The number of anilines is 1. The van der Waals surface area contributed by atoms with Gasteiger partial charge in [0.15, 0.2) is 0 Å². The summed E-state index contributed by atoms with van der Waals surface area (Å²) in [6.45, 7) is 3.60. The summed E-state index contributed by atoms with van der Waals surface area (Å²) < 4.78 is 39.1. The summed E-state index contributed by atoms with van der Waals surface area (Å²) in [5.41, 5.74) is 9.16. The molecule has 0 radical (unpaired) electrons. The van der Waals surface area contributed by atoms with Gasteiger partial charge in [-0.25, -0.2) is 4.98 Å². The van der Waals surface area contributed by atoms with Crippen molar-refractivity contribution in [3.8, 4) is 0 Å². The maximum atomic E-state index is 13.2. The quantitative estimate of drug-likeness (QED) is 0.511. The molecule has 202 valence electrons. The van der Waals surface area contributed by atoms with E-state index in [-0.39, 0.29) is 22.8 Å². The number of piperidine rings is 2. The Balaban J connectivity index is 1.31. The highest BCUT2D eigenvalue weighted by Gasteiger charge is 2.36. The topological polar surface area (TPSA) is 96.6 Å². The van der Waals surface area contributed by atoms with Gasteiger partial charge in [-0.2, -0.15) is 18.7 Å². The van der Waals surface area contributed by atoms with Crippen molar-refractivity contribution in [2.75, 3.05) is 39.0 Å². The molecule has 8 nitrogen and oxygen atoms in total. The predicted molar refractivity (Wildman–Crippen MR) is 133 cm³/mol. The second-order valence-corrected chi connectivity index (χ2v) is 10.1. The van der Waals surface area contributed by atoms with Gasteiger partial charge in [-0.1, -0.05) is 11.6 Å². The lowest BCUT2D eigenvalue weighted by Crippen LogP contribution is -2.46. The van der Waals surface area contributed by atoms with E-state index in [2.05, 4.69) is 20.3 Å². The molecular formula is C25H32ClF3N6O2. The van der Waals surface area contributed by atoms with E-state index < -0.39 is 17.8 Å². The minimum Gasteiger partial charge on any atom is -0.384 e. The van der Waals surface area contributed by atoms with E-state index in [0.717, 1.165) is 50.3 Å². The fourth-order valence-corrected chi connectivity index (χ4v) is 5.52. The molecule has 3 N–H and O–H groups in total. The zero-order valence-electron chi connectivity index (χ0n) is 20.7. The highest BCUT2D eigenvalue weighted by atomic mass is 35.5. The average Bonchev–Trinajstić information content (AvgIpc) is 2.87. The van der Waals surface area contributed by atoms with Gasteiger partial charge in [0.05, 0.1) is 29.4 Å². The first kappa shape index (κ1) is 27.6. The molecular weight excluding hydrogens is 509 g/mol. The largest absolute Gasteiger partial charge is 0.417 e. The molecule has 0 bridgehead atoms. The Hall–Kier alpha value is -2.47. The molecule has 1 atom stereocenters. The van der Waals surface area contributed by atoms with Crippen LogP contribution in [0.3, 0.4) is 0 Å². The molecule has 0 spiro atoms. The van der Waals surface area contributed by atoms with E-state index in [1.165, 1.54) is 7.11 Å². The summed E-state index contributed by atoms with van der Waals surface area (Å²) in [5, 5.41) is -0.0657. The summed E-state index contributed by atoms with van der Waals surface area (Å²) in [6.07, 6.45) is 0.909. The van der Waals surface area contributed by atoms with Gasteiger partial charge < -0.3 is 15.5 Å². The van der Waals surface area contributed by atoms with E-state index in [1.54, 1.807) is 6.20 Å². The van der Waals surface area contributed by atoms with Crippen LogP contribution >= 0.6 is 11.6 Å². The first-order chi connectivity index (χ1) is 17.7. The first-order valence-corrected chi connectivity index (χ1v) is 12.8. The maximum absolute atomic E-state index is 13.2. The first-order valence-electron chi connectivity index (χ1n) is 12.4. The third-order valence-corrected chi connectivity index (χ3v) is 7.55. The number of nitrogens with two attached hydrogens (primary N) is 1. The predicted octanol–water partition coefficient (Wildman–Crippen LogP) is 4.07. The van der Waals surface area contributed by atoms with Crippen LogP contribution in [0.1, 0.15) is 48.5 Å². The molecule has 12 heteroatoms. The van der Waals surface area contributed by atoms with Crippen LogP contribution in [-0.2, 0) is 22.4 Å². The second kappa shape index (κ2) is 11.9. The zero-order valence-corrected chi connectivity index (χ0v) is 21.4. The Morgan fingerprint density at radius 2 is 1.89 bits per heavy atom. The molecule has 2 aliphatic heterocycles. The number of likely N-dealkylation sites (tertiary alicyclic amines) is 2. The third kappa shape index (κ3) is 6.90. The second-order valence-electron chi connectivity index (χ2n) is 9.69. The van der Waals surface area contributed by atoms with E-state index in [9.17, 15) is 18.0 Å². The van der Waals surface area contributed by atoms with Crippen LogP contribution in [-0.4, -0.2) is 59.0 Å². The van der Waals surface area contributed by atoms with Gasteiger partial charge in [-0.15, -0.1) is 0 Å². The summed E-state index contributed by atoms with van der Waals surface area (Å²) >= 11 is 6.20. The normalized spacial score (nSPS) is 19.2. The van der Waals surface area contributed by atoms with Crippen LogP contribution in [0.4, 0.5) is 19.0 Å². The number of hydroxylamine groups is 1.